The standard InChI is InChI=1S/C19H31NO4/c1-14(7-6-11-19(2,3)22)20-12-10-16(21)15-8-9-17(23-4)18(13-15)24-5/h8-9,13-14,20,22H,6-7,10-12H2,1-5H3. The zero-order chi connectivity index (χ0) is 18.2. The molecule has 0 aliphatic heterocycles. The van der Waals surface area contributed by atoms with Crippen molar-refractivity contribution in [3.8, 4) is 11.5 Å². The summed E-state index contributed by atoms with van der Waals surface area (Å²) in [5.41, 5.74) is 0.0208. The van der Waals surface area contributed by atoms with E-state index in [4.69, 9.17) is 9.47 Å². The summed E-state index contributed by atoms with van der Waals surface area (Å²) in [6, 6.07) is 5.55. The number of hydrogen-bond acceptors (Lipinski definition) is 5. The number of benzene rings is 1. The Bertz CT molecular complexity index is 523. The number of nitrogens with one attached hydrogen (secondary N) is 1. The summed E-state index contributed by atoms with van der Waals surface area (Å²) in [5.74, 6) is 1.26. The van der Waals surface area contributed by atoms with Gasteiger partial charge in [-0.05, 0) is 58.2 Å². The number of hydrogen-bond donors (Lipinski definition) is 2. The molecule has 0 aliphatic carbocycles. The van der Waals surface area contributed by atoms with Gasteiger partial charge < -0.3 is 19.9 Å². The Labute approximate surface area is 145 Å². The van der Waals surface area contributed by atoms with Crippen LogP contribution in [0.2, 0.25) is 0 Å². The largest absolute Gasteiger partial charge is 0.493 e. The molecule has 1 unspecified atom stereocenters. The van der Waals surface area contributed by atoms with Crippen LogP contribution in [0, 0.1) is 0 Å². The Morgan fingerprint density at radius 2 is 1.92 bits per heavy atom. The van der Waals surface area contributed by atoms with Crippen LogP contribution in [0.1, 0.15) is 56.8 Å². The molecule has 136 valence electrons. The summed E-state index contributed by atoms with van der Waals surface area (Å²) in [4.78, 5) is 12.3. The molecule has 0 saturated carbocycles. The quantitative estimate of drug-likeness (QED) is 0.607. The zero-order valence-electron chi connectivity index (χ0n) is 15.5. The Morgan fingerprint density at radius 3 is 2.50 bits per heavy atom. The normalized spacial score (nSPS) is 12.8. The van der Waals surface area contributed by atoms with Crippen LogP contribution in [0.3, 0.4) is 0 Å². The van der Waals surface area contributed by atoms with Crippen LogP contribution in [0.25, 0.3) is 0 Å². The summed E-state index contributed by atoms with van der Waals surface area (Å²) in [5, 5.41) is 13.1. The highest BCUT2D eigenvalue weighted by molar-refractivity contribution is 5.96. The molecule has 0 radical (unpaired) electrons. The van der Waals surface area contributed by atoms with Crippen LogP contribution in [0.15, 0.2) is 18.2 Å². The maximum absolute atomic E-state index is 12.3. The minimum absolute atomic E-state index is 0.0761. The Hall–Kier alpha value is -1.59. The van der Waals surface area contributed by atoms with Crippen molar-refractivity contribution in [1.29, 1.82) is 0 Å². The molecular formula is C19H31NO4. The summed E-state index contributed by atoms with van der Waals surface area (Å²) in [6.45, 7) is 6.39. The number of methoxy groups -OCH3 is 2. The highest BCUT2D eigenvalue weighted by Gasteiger charge is 2.13. The molecule has 1 atom stereocenters. The van der Waals surface area contributed by atoms with Crippen LogP contribution in [-0.2, 0) is 0 Å². The number of carbonyl (C=O) groups excluding carboxylic acids is 1. The van der Waals surface area contributed by atoms with E-state index in [1.807, 2.05) is 13.8 Å². The van der Waals surface area contributed by atoms with Gasteiger partial charge in [0.2, 0.25) is 0 Å². The third-order valence-corrected chi connectivity index (χ3v) is 3.98. The van der Waals surface area contributed by atoms with E-state index in [1.165, 1.54) is 0 Å². The third kappa shape index (κ3) is 7.32. The van der Waals surface area contributed by atoms with E-state index in [0.717, 1.165) is 19.3 Å². The first-order valence-electron chi connectivity index (χ1n) is 8.48. The van der Waals surface area contributed by atoms with Gasteiger partial charge in [-0.25, -0.2) is 0 Å². The van der Waals surface area contributed by atoms with Crippen molar-refractivity contribution in [3.05, 3.63) is 23.8 Å². The molecular weight excluding hydrogens is 306 g/mol. The molecule has 5 heteroatoms. The molecule has 1 rings (SSSR count). The summed E-state index contributed by atoms with van der Waals surface area (Å²) in [7, 11) is 3.13. The molecule has 2 N–H and O–H groups in total. The topological polar surface area (TPSA) is 67.8 Å². The molecule has 5 nitrogen and oxygen atoms in total. The number of ketones is 1. The molecule has 0 bridgehead atoms. The van der Waals surface area contributed by atoms with Gasteiger partial charge in [-0.1, -0.05) is 0 Å². The van der Waals surface area contributed by atoms with E-state index in [2.05, 4.69) is 12.2 Å². The van der Waals surface area contributed by atoms with Gasteiger partial charge >= 0.3 is 0 Å². The molecule has 0 aliphatic rings. The lowest BCUT2D eigenvalue weighted by Crippen LogP contribution is -2.29. The lowest BCUT2D eigenvalue weighted by atomic mass is 9.99. The van der Waals surface area contributed by atoms with Crippen LogP contribution >= 0.6 is 0 Å². The van der Waals surface area contributed by atoms with Crippen LogP contribution in [0.5, 0.6) is 11.5 Å². The van der Waals surface area contributed by atoms with E-state index < -0.39 is 5.60 Å². The predicted molar refractivity (Wildman–Crippen MR) is 96.1 cm³/mol. The number of carbonyl (C=O) groups is 1. The highest BCUT2D eigenvalue weighted by Crippen LogP contribution is 2.27. The predicted octanol–water partition coefficient (Wildman–Crippen LogP) is 3.20. The summed E-state index contributed by atoms with van der Waals surface area (Å²) in [6.07, 6.45) is 3.16. The molecule has 0 heterocycles. The van der Waals surface area contributed by atoms with Gasteiger partial charge in [0, 0.05) is 24.6 Å². The van der Waals surface area contributed by atoms with Crippen molar-refractivity contribution >= 4 is 5.78 Å². The van der Waals surface area contributed by atoms with E-state index in [-0.39, 0.29) is 5.78 Å². The minimum Gasteiger partial charge on any atom is -0.493 e. The molecule has 1 aromatic rings. The summed E-state index contributed by atoms with van der Waals surface area (Å²) < 4.78 is 10.4. The van der Waals surface area contributed by atoms with Gasteiger partial charge in [-0.15, -0.1) is 0 Å². The van der Waals surface area contributed by atoms with E-state index in [1.54, 1.807) is 32.4 Å². The molecule has 24 heavy (non-hydrogen) atoms. The fourth-order valence-corrected chi connectivity index (χ4v) is 2.53. The number of aliphatic hydroxyl groups is 1. The number of Topliss-reactive ketones (excluding diaryl/α,β-unsaturated/α-hetero) is 1. The minimum atomic E-state index is -0.608. The average molecular weight is 337 g/mol. The van der Waals surface area contributed by atoms with Crippen LogP contribution < -0.4 is 14.8 Å². The van der Waals surface area contributed by atoms with Gasteiger partial charge in [-0.3, -0.25) is 4.79 Å². The van der Waals surface area contributed by atoms with Gasteiger partial charge in [0.05, 0.1) is 19.8 Å². The maximum Gasteiger partial charge on any atom is 0.164 e. The summed E-state index contributed by atoms with van der Waals surface area (Å²) >= 11 is 0. The molecule has 0 amide bonds. The number of rotatable bonds is 11. The van der Waals surface area contributed by atoms with Crippen LogP contribution in [-0.4, -0.2) is 43.3 Å². The van der Waals surface area contributed by atoms with Crippen molar-refractivity contribution in [2.24, 2.45) is 0 Å². The molecule has 0 saturated heterocycles. The zero-order valence-corrected chi connectivity index (χ0v) is 15.5. The third-order valence-electron chi connectivity index (χ3n) is 3.98. The Kier molecular flexibility index (Phi) is 8.22. The first-order chi connectivity index (χ1) is 11.3. The Balaban J connectivity index is 2.38. The molecule has 1 aromatic carbocycles. The van der Waals surface area contributed by atoms with Crippen molar-refractivity contribution in [3.63, 3.8) is 0 Å². The average Bonchev–Trinajstić information content (AvgIpc) is 2.52. The fourth-order valence-electron chi connectivity index (χ4n) is 2.53. The first-order valence-corrected chi connectivity index (χ1v) is 8.48. The second-order valence-corrected chi connectivity index (χ2v) is 6.80. The van der Waals surface area contributed by atoms with Gasteiger partial charge in [0.25, 0.3) is 0 Å². The maximum atomic E-state index is 12.3. The Morgan fingerprint density at radius 1 is 1.25 bits per heavy atom. The van der Waals surface area contributed by atoms with Crippen molar-refractivity contribution in [1.82, 2.24) is 5.32 Å². The lowest BCUT2D eigenvalue weighted by molar-refractivity contribution is 0.0675. The second kappa shape index (κ2) is 9.64. The van der Waals surface area contributed by atoms with Crippen molar-refractivity contribution in [2.75, 3.05) is 20.8 Å². The monoisotopic (exact) mass is 337 g/mol. The SMILES string of the molecule is COc1ccc(C(=O)CCNC(C)CCCC(C)(C)O)cc1OC. The fraction of sp³-hybridized carbons (Fsp3) is 0.632. The van der Waals surface area contributed by atoms with Gasteiger partial charge in [0.1, 0.15) is 0 Å². The van der Waals surface area contributed by atoms with E-state index >= 15 is 0 Å². The first kappa shape index (κ1) is 20.5. The van der Waals surface area contributed by atoms with E-state index in [0.29, 0.717) is 36.1 Å². The van der Waals surface area contributed by atoms with Crippen LogP contribution in [0.4, 0.5) is 0 Å². The molecule has 0 spiro atoms. The smallest absolute Gasteiger partial charge is 0.164 e. The molecule has 0 fully saturated rings. The number of ether oxygens (including phenoxy) is 2. The van der Waals surface area contributed by atoms with Gasteiger partial charge in [0.15, 0.2) is 17.3 Å². The van der Waals surface area contributed by atoms with Crippen molar-refractivity contribution < 1.29 is 19.4 Å². The van der Waals surface area contributed by atoms with Gasteiger partial charge in [-0.2, -0.15) is 0 Å². The lowest BCUT2D eigenvalue weighted by Gasteiger charge is -2.19. The highest BCUT2D eigenvalue weighted by atomic mass is 16.5. The second-order valence-electron chi connectivity index (χ2n) is 6.80. The van der Waals surface area contributed by atoms with E-state index in [9.17, 15) is 9.90 Å². The van der Waals surface area contributed by atoms with Crippen molar-refractivity contribution in [2.45, 2.75) is 58.1 Å². The molecule has 0 aromatic heterocycles.